The quantitative estimate of drug-likeness (QED) is 0.387. The van der Waals surface area contributed by atoms with Gasteiger partial charge in [-0.2, -0.15) is 0 Å². The second kappa shape index (κ2) is 7.83. The third kappa shape index (κ3) is 3.82. The highest BCUT2D eigenvalue weighted by molar-refractivity contribution is 5.88. The van der Waals surface area contributed by atoms with E-state index in [2.05, 4.69) is 85.1 Å². The van der Waals surface area contributed by atoms with Gasteiger partial charge in [-0.15, -0.1) is 0 Å². The third-order valence-corrected chi connectivity index (χ3v) is 4.86. The topological polar surface area (TPSA) is 27.1 Å². The fraction of sp³-hybridized carbons (Fsp3) is 0.292. The first-order chi connectivity index (χ1) is 13.2. The van der Waals surface area contributed by atoms with Crippen LogP contribution in [0, 0.1) is 5.92 Å². The Labute approximate surface area is 160 Å². The fourth-order valence-corrected chi connectivity index (χ4v) is 3.62. The Morgan fingerprint density at radius 1 is 0.926 bits per heavy atom. The van der Waals surface area contributed by atoms with Crippen molar-refractivity contribution in [2.75, 3.05) is 6.61 Å². The van der Waals surface area contributed by atoms with Crippen molar-refractivity contribution < 1.29 is 4.74 Å². The second-order valence-corrected chi connectivity index (χ2v) is 7.45. The highest BCUT2D eigenvalue weighted by Gasteiger charge is 2.11. The van der Waals surface area contributed by atoms with Crippen molar-refractivity contribution in [3.63, 3.8) is 0 Å². The molecule has 0 aliphatic rings. The number of aromatic nitrogens is 2. The lowest BCUT2D eigenvalue weighted by atomic mass is 10.1. The molecule has 0 N–H and O–H groups in total. The molecule has 0 amide bonds. The summed E-state index contributed by atoms with van der Waals surface area (Å²) in [6.45, 7) is 6.11. The summed E-state index contributed by atoms with van der Waals surface area (Å²) in [6.07, 6.45) is 1.95. The Morgan fingerprint density at radius 3 is 2.59 bits per heavy atom. The minimum absolute atomic E-state index is 0.590. The molecule has 3 aromatic carbocycles. The van der Waals surface area contributed by atoms with Crippen LogP contribution >= 0.6 is 0 Å². The SMILES string of the molecule is CC(C)Cc1nc2ccccc2n1CCCOc1cccc2ccccc12. The molecule has 4 aromatic rings. The molecule has 0 atom stereocenters. The predicted octanol–water partition coefficient (Wildman–Crippen LogP) is 5.86. The molecule has 1 aromatic heterocycles. The summed E-state index contributed by atoms with van der Waals surface area (Å²) in [5.41, 5.74) is 2.31. The van der Waals surface area contributed by atoms with E-state index < -0.39 is 0 Å². The molecule has 0 fully saturated rings. The van der Waals surface area contributed by atoms with Crippen molar-refractivity contribution in [3.8, 4) is 5.75 Å². The van der Waals surface area contributed by atoms with Crippen LogP contribution < -0.4 is 4.74 Å². The number of ether oxygens (including phenoxy) is 1. The Kier molecular flexibility index (Phi) is 5.10. The molecular formula is C24H26N2O. The highest BCUT2D eigenvalue weighted by Crippen LogP contribution is 2.25. The molecule has 0 aliphatic carbocycles. The Bertz CT molecular complexity index is 1040. The largest absolute Gasteiger partial charge is 0.493 e. The summed E-state index contributed by atoms with van der Waals surface area (Å²) in [5, 5.41) is 2.39. The molecule has 1 heterocycles. The monoisotopic (exact) mass is 358 g/mol. The number of benzene rings is 3. The zero-order chi connectivity index (χ0) is 18.6. The van der Waals surface area contributed by atoms with Gasteiger partial charge in [0.25, 0.3) is 0 Å². The molecule has 0 aliphatic heterocycles. The molecular weight excluding hydrogens is 332 g/mol. The first-order valence-electron chi connectivity index (χ1n) is 9.77. The van der Waals surface area contributed by atoms with Crippen molar-refractivity contribution in [3.05, 3.63) is 72.6 Å². The lowest BCUT2D eigenvalue weighted by Gasteiger charge is -2.12. The van der Waals surface area contributed by atoms with Gasteiger partial charge in [0.05, 0.1) is 17.6 Å². The molecule has 0 spiro atoms. The molecule has 27 heavy (non-hydrogen) atoms. The smallest absolute Gasteiger partial charge is 0.127 e. The average molecular weight is 358 g/mol. The van der Waals surface area contributed by atoms with Gasteiger partial charge in [0.15, 0.2) is 0 Å². The van der Waals surface area contributed by atoms with Gasteiger partial charge in [-0.05, 0) is 35.9 Å². The van der Waals surface area contributed by atoms with E-state index in [-0.39, 0.29) is 0 Å². The number of fused-ring (bicyclic) bond motifs is 2. The van der Waals surface area contributed by atoms with Gasteiger partial charge >= 0.3 is 0 Å². The van der Waals surface area contributed by atoms with Gasteiger partial charge in [-0.3, -0.25) is 0 Å². The van der Waals surface area contributed by atoms with Gasteiger partial charge in [0.2, 0.25) is 0 Å². The van der Waals surface area contributed by atoms with Gasteiger partial charge in [0, 0.05) is 18.4 Å². The summed E-state index contributed by atoms with van der Waals surface area (Å²) in [4.78, 5) is 4.85. The van der Waals surface area contributed by atoms with Crippen LogP contribution in [-0.4, -0.2) is 16.2 Å². The molecule has 0 unspecified atom stereocenters. The van der Waals surface area contributed by atoms with E-state index >= 15 is 0 Å². The summed E-state index contributed by atoms with van der Waals surface area (Å²) >= 11 is 0. The molecule has 138 valence electrons. The van der Waals surface area contributed by atoms with Crippen molar-refractivity contribution in [1.82, 2.24) is 9.55 Å². The molecule has 3 heteroatoms. The minimum atomic E-state index is 0.590. The van der Waals surface area contributed by atoms with E-state index in [9.17, 15) is 0 Å². The molecule has 0 saturated heterocycles. The lowest BCUT2D eigenvalue weighted by molar-refractivity contribution is 0.305. The molecule has 0 bridgehead atoms. The van der Waals surface area contributed by atoms with Crippen LogP contribution in [0.15, 0.2) is 66.7 Å². The van der Waals surface area contributed by atoms with Crippen LogP contribution in [0.3, 0.4) is 0 Å². The minimum Gasteiger partial charge on any atom is -0.493 e. The van der Waals surface area contributed by atoms with Gasteiger partial charge < -0.3 is 9.30 Å². The number of hydrogen-bond acceptors (Lipinski definition) is 2. The predicted molar refractivity (Wildman–Crippen MR) is 112 cm³/mol. The van der Waals surface area contributed by atoms with Crippen LogP contribution in [0.5, 0.6) is 5.75 Å². The maximum Gasteiger partial charge on any atom is 0.127 e. The van der Waals surface area contributed by atoms with Crippen molar-refractivity contribution in [2.45, 2.75) is 33.2 Å². The molecule has 0 saturated carbocycles. The Morgan fingerprint density at radius 2 is 1.70 bits per heavy atom. The van der Waals surface area contributed by atoms with Crippen LogP contribution in [0.25, 0.3) is 21.8 Å². The zero-order valence-corrected chi connectivity index (χ0v) is 16.1. The zero-order valence-electron chi connectivity index (χ0n) is 16.1. The molecule has 4 rings (SSSR count). The summed E-state index contributed by atoms with van der Waals surface area (Å²) in [6, 6.07) is 23.0. The number of hydrogen-bond donors (Lipinski definition) is 0. The Balaban J connectivity index is 1.47. The Hall–Kier alpha value is -2.81. The van der Waals surface area contributed by atoms with Crippen LogP contribution in [0.2, 0.25) is 0 Å². The highest BCUT2D eigenvalue weighted by atomic mass is 16.5. The number of rotatable bonds is 7. The molecule has 0 radical (unpaired) electrons. The number of imidazole rings is 1. The summed E-state index contributed by atoms with van der Waals surface area (Å²) in [5.74, 6) is 2.73. The second-order valence-electron chi connectivity index (χ2n) is 7.45. The van der Waals surface area contributed by atoms with Crippen LogP contribution in [0.4, 0.5) is 0 Å². The van der Waals surface area contributed by atoms with Crippen LogP contribution in [-0.2, 0) is 13.0 Å². The third-order valence-electron chi connectivity index (χ3n) is 4.86. The number of para-hydroxylation sites is 2. The van der Waals surface area contributed by atoms with E-state index in [0.29, 0.717) is 12.5 Å². The average Bonchev–Trinajstić information content (AvgIpc) is 3.01. The van der Waals surface area contributed by atoms with E-state index in [4.69, 9.17) is 9.72 Å². The first-order valence-corrected chi connectivity index (χ1v) is 9.77. The van der Waals surface area contributed by atoms with Crippen molar-refractivity contribution in [1.29, 1.82) is 0 Å². The maximum absolute atomic E-state index is 6.12. The van der Waals surface area contributed by atoms with Crippen molar-refractivity contribution >= 4 is 21.8 Å². The van der Waals surface area contributed by atoms with Crippen molar-refractivity contribution in [2.24, 2.45) is 5.92 Å². The maximum atomic E-state index is 6.12. The standard InChI is InChI=1S/C24H26N2O/c1-18(2)17-24-25-21-12-5-6-13-22(21)26(24)15-8-16-27-23-14-7-10-19-9-3-4-11-20(19)23/h3-7,9-14,18H,8,15-17H2,1-2H3. The van der Waals surface area contributed by atoms with E-state index in [1.54, 1.807) is 0 Å². The number of aryl methyl sites for hydroxylation is 1. The van der Waals surface area contributed by atoms with E-state index in [0.717, 1.165) is 30.7 Å². The first kappa shape index (κ1) is 17.6. The van der Waals surface area contributed by atoms with E-state index in [1.165, 1.54) is 22.1 Å². The normalized spacial score (nSPS) is 11.5. The molecule has 3 nitrogen and oxygen atoms in total. The number of nitrogens with zero attached hydrogens (tertiary/aromatic N) is 2. The lowest BCUT2D eigenvalue weighted by Crippen LogP contribution is -2.10. The fourth-order valence-electron chi connectivity index (χ4n) is 3.62. The summed E-state index contributed by atoms with van der Waals surface area (Å²) < 4.78 is 8.48. The van der Waals surface area contributed by atoms with Crippen LogP contribution in [0.1, 0.15) is 26.1 Å². The van der Waals surface area contributed by atoms with E-state index in [1.807, 2.05) is 0 Å². The van der Waals surface area contributed by atoms with Gasteiger partial charge in [-0.1, -0.05) is 62.4 Å². The van der Waals surface area contributed by atoms with Gasteiger partial charge in [0.1, 0.15) is 11.6 Å². The summed E-state index contributed by atoms with van der Waals surface area (Å²) in [7, 11) is 0. The van der Waals surface area contributed by atoms with Gasteiger partial charge in [-0.25, -0.2) is 4.98 Å².